The molecule has 0 spiro atoms. The van der Waals surface area contributed by atoms with Gasteiger partial charge < -0.3 is 10.2 Å². The average molecular weight is 377 g/mol. The molecule has 2 heterocycles. The Morgan fingerprint density at radius 3 is 2.39 bits per heavy atom. The third-order valence-corrected chi connectivity index (χ3v) is 5.40. The molecule has 1 aliphatic rings. The summed E-state index contributed by atoms with van der Waals surface area (Å²) in [6.07, 6.45) is 4.02. The van der Waals surface area contributed by atoms with Crippen LogP contribution in [0.4, 0.5) is 0 Å². The van der Waals surface area contributed by atoms with E-state index in [0.717, 1.165) is 12.1 Å². The number of fused-ring (bicyclic) bond motifs is 1. The number of nitrogens with one attached hydrogen (secondary N) is 3. The zero-order chi connectivity index (χ0) is 19.3. The first-order valence-corrected chi connectivity index (χ1v) is 9.88. The van der Waals surface area contributed by atoms with Crippen LogP contribution in [0.25, 0.3) is 10.8 Å². The van der Waals surface area contributed by atoms with Crippen LogP contribution in [0.3, 0.4) is 0 Å². The highest BCUT2D eigenvalue weighted by Crippen LogP contribution is 2.12. The van der Waals surface area contributed by atoms with Gasteiger partial charge in [0.25, 0.3) is 11.5 Å². The Labute approximate surface area is 163 Å². The van der Waals surface area contributed by atoms with Gasteiger partial charge in [-0.1, -0.05) is 42.5 Å². The molecule has 0 saturated carbocycles. The number of likely N-dealkylation sites (tertiary alicyclic amines) is 1. The third-order valence-electron chi connectivity index (χ3n) is 5.40. The Kier molecular flexibility index (Phi) is 5.48. The van der Waals surface area contributed by atoms with E-state index in [2.05, 4.69) is 39.8 Å². The van der Waals surface area contributed by atoms with Gasteiger partial charge in [0.1, 0.15) is 6.54 Å². The summed E-state index contributed by atoms with van der Waals surface area (Å²) < 4.78 is 0. The molecule has 6 nitrogen and oxygen atoms in total. The van der Waals surface area contributed by atoms with Gasteiger partial charge in [-0.3, -0.25) is 9.59 Å². The van der Waals surface area contributed by atoms with Crippen molar-refractivity contribution in [2.24, 2.45) is 0 Å². The van der Waals surface area contributed by atoms with Gasteiger partial charge in [0, 0.05) is 17.5 Å². The van der Waals surface area contributed by atoms with Gasteiger partial charge in [0.2, 0.25) is 0 Å². The number of aromatic amines is 1. The molecule has 0 unspecified atom stereocenters. The fourth-order valence-electron chi connectivity index (χ4n) is 3.85. The number of aromatic nitrogens is 2. The maximum atomic E-state index is 12.6. The Bertz CT molecular complexity index is 1020. The van der Waals surface area contributed by atoms with Crippen LogP contribution < -0.4 is 15.8 Å². The van der Waals surface area contributed by atoms with Crippen LogP contribution >= 0.6 is 0 Å². The standard InChI is InChI=1S/C22H24N4O2/c27-21-19-7-3-2-6-18(19)20(24-25-21)22(28)23-14-16-8-10-17(11-9-16)15-26-12-4-1-5-13-26/h2-3,6-11H,1,4-5,12-15H2,(H,23,28)(H,25,27)/p+1. The van der Waals surface area contributed by atoms with Crippen LogP contribution in [0, 0.1) is 0 Å². The Morgan fingerprint density at radius 2 is 1.64 bits per heavy atom. The molecule has 4 rings (SSSR count). The van der Waals surface area contributed by atoms with Gasteiger partial charge in [0.05, 0.1) is 18.5 Å². The van der Waals surface area contributed by atoms with E-state index in [-0.39, 0.29) is 17.2 Å². The van der Waals surface area contributed by atoms with Crippen molar-refractivity contribution in [2.45, 2.75) is 32.4 Å². The maximum absolute atomic E-state index is 12.6. The van der Waals surface area contributed by atoms with Gasteiger partial charge in [-0.2, -0.15) is 5.10 Å². The topological polar surface area (TPSA) is 79.3 Å². The molecule has 1 fully saturated rings. The van der Waals surface area contributed by atoms with Crippen molar-refractivity contribution >= 4 is 16.7 Å². The largest absolute Gasteiger partial charge is 0.347 e. The predicted molar refractivity (Wildman–Crippen MR) is 108 cm³/mol. The number of quaternary nitrogens is 1. The minimum atomic E-state index is -0.297. The number of carbonyl (C=O) groups is 1. The Balaban J connectivity index is 1.40. The van der Waals surface area contributed by atoms with E-state index in [1.165, 1.54) is 37.9 Å². The zero-order valence-corrected chi connectivity index (χ0v) is 15.8. The monoisotopic (exact) mass is 377 g/mol. The third kappa shape index (κ3) is 4.12. The number of nitrogens with zero attached hydrogens (tertiary/aromatic N) is 1. The Hall–Kier alpha value is -2.99. The van der Waals surface area contributed by atoms with E-state index in [4.69, 9.17) is 0 Å². The second-order valence-corrected chi connectivity index (χ2v) is 7.43. The summed E-state index contributed by atoms with van der Waals surface area (Å²) in [6, 6.07) is 15.4. The van der Waals surface area contributed by atoms with Gasteiger partial charge in [-0.05, 0) is 30.9 Å². The summed E-state index contributed by atoms with van der Waals surface area (Å²) in [5.74, 6) is -0.297. The smallest absolute Gasteiger partial charge is 0.272 e. The summed E-state index contributed by atoms with van der Waals surface area (Å²) in [6.45, 7) is 4.01. The fourth-order valence-corrected chi connectivity index (χ4v) is 3.85. The zero-order valence-electron chi connectivity index (χ0n) is 15.8. The molecule has 6 heteroatoms. The molecule has 3 aromatic rings. The van der Waals surface area contributed by atoms with Crippen molar-refractivity contribution in [2.75, 3.05) is 13.1 Å². The van der Waals surface area contributed by atoms with Crippen LogP contribution in [0.5, 0.6) is 0 Å². The highest BCUT2D eigenvalue weighted by Gasteiger charge is 2.15. The van der Waals surface area contributed by atoms with Gasteiger partial charge >= 0.3 is 0 Å². The van der Waals surface area contributed by atoms with Crippen molar-refractivity contribution < 1.29 is 9.69 Å². The number of hydrogen-bond acceptors (Lipinski definition) is 3. The first-order chi connectivity index (χ1) is 13.7. The minimum Gasteiger partial charge on any atom is -0.347 e. The fraction of sp³-hybridized carbons (Fsp3) is 0.318. The molecule has 3 N–H and O–H groups in total. The molecular formula is C22H25N4O2+. The molecule has 1 aliphatic heterocycles. The quantitative estimate of drug-likeness (QED) is 0.629. The van der Waals surface area contributed by atoms with Gasteiger partial charge in [0.15, 0.2) is 5.69 Å². The molecule has 0 atom stereocenters. The Morgan fingerprint density at radius 1 is 0.964 bits per heavy atom. The van der Waals surface area contributed by atoms with Crippen molar-refractivity contribution in [1.82, 2.24) is 15.5 Å². The molecule has 1 amide bonds. The lowest BCUT2D eigenvalue weighted by molar-refractivity contribution is -0.918. The molecule has 0 bridgehead atoms. The maximum Gasteiger partial charge on any atom is 0.272 e. The van der Waals surface area contributed by atoms with Crippen molar-refractivity contribution in [1.29, 1.82) is 0 Å². The van der Waals surface area contributed by atoms with Crippen molar-refractivity contribution in [3.8, 4) is 0 Å². The highest BCUT2D eigenvalue weighted by atomic mass is 16.2. The van der Waals surface area contributed by atoms with Crippen molar-refractivity contribution in [3.63, 3.8) is 0 Å². The molecule has 2 aromatic carbocycles. The minimum absolute atomic E-state index is 0.237. The van der Waals surface area contributed by atoms with E-state index < -0.39 is 0 Å². The molecule has 0 radical (unpaired) electrons. The first kappa shape index (κ1) is 18.4. The molecular weight excluding hydrogens is 352 g/mol. The molecule has 0 aliphatic carbocycles. The van der Waals surface area contributed by atoms with Crippen LogP contribution in [0.2, 0.25) is 0 Å². The van der Waals surface area contributed by atoms with E-state index in [1.54, 1.807) is 29.2 Å². The lowest BCUT2D eigenvalue weighted by Gasteiger charge is -2.23. The summed E-state index contributed by atoms with van der Waals surface area (Å²) in [7, 11) is 0. The first-order valence-electron chi connectivity index (χ1n) is 9.88. The van der Waals surface area contributed by atoms with E-state index >= 15 is 0 Å². The molecule has 28 heavy (non-hydrogen) atoms. The highest BCUT2D eigenvalue weighted by molar-refractivity contribution is 6.04. The van der Waals surface area contributed by atoms with E-state index in [9.17, 15) is 9.59 Å². The molecule has 1 aromatic heterocycles. The van der Waals surface area contributed by atoms with E-state index in [0.29, 0.717) is 17.3 Å². The van der Waals surface area contributed by atoms with Crippen molar-refractivity contribution in [3.05, 3.63) is 75.7 Å². The van der Waals surface area contributed by atoms with Crippen LogP contribution in [0.1, 0.15) is 40.9 Å². The van der Waals surface area contributed by atoms with E-state index in [1.807, 2.05) is 0 Å². The summed E-state index contributed by atoms with van der Waals surface area (Å²) >= 11 is 0. The van der Waals surface area contributed by atoms with Gasteiger partial charge in [-0.25, -0.2) is 5.10 Å². The summed E-state index contributed by atoms with van der Waals surface area (Å²) in [4.78, 5) is 26.1. The second kappa shape index (κ2) is 8.35. The summed E-state index contributed by atoms with van der Waals surface area (Å²) in [5.41, 5.74) is 2.32. The normalized spacial score (nSPS) is 14.9. The van der Waals surface area contributed by atoms with Crippen LogP contribution in [-0.4, -0.2) is 29.2 Å². The molecule has 144 valence electrons. The van der Waals surface area contributed by atoms with Gasteiger partial charge in [-0.15, -0.1) is 0 Å². The number of H-pyrrole nitrogens is 1. The number of rotatable bonds is 5. The lowest BCUT2D eigenvalue weighted by atomic mass is 10.1. The number of amides is 1. The number of benzene rings is 2. The number of hydrogen-bond donors (Lipinski definition) is 3. The molecule has 1 saturated heterocycles. The lowest BCUT2D eigenvalue weighted by Crippen LogP contribution is -3.11. The predicted octanol–water partition coefficient (Wildman–Crippen LogP) is 1.42. The average Bonchev–Trinajstić information content (AvgIpc) is 2.74. The second-order valence-electron chi connectivity index (χ2n) is 7.43. The SMILES string of the molecule is O=C(NCc1ccc(C[NH+]2CCCCC2)cc1)c1n[nH]c(=O)c2ccccc12. The number of carbonyl (C=O) groups excluding carboxylic acids is 1. The summed E-state index contributed by atoms with van der Waals surface area (Å²) in [5, 5.41) is 10.3. The van der Waals surface area contributed by atoms with Crippen LogP contribution in [-0.2, 0) is 13.1 Å². The number of piperidine rings is 1. The van der Waals surface area contributed by atoms with Crippen LogP contribution in [0.15, 0.2) is 53.3 Å².